The predicted octanol–water partition coefficient (Wildman–Crippen LogP) is 5.57. The Hall–Kier alpha value is -2.30. The summed E-state index contributed by atoms with van der Waals surface area (Å²) < 4.78 is 37.9. The number of nitrogens with zero attached hydrogens (tertiary/aromatic N) is 1. The molecule has 0 aliphatic heterocycles. The van der Waals surface area contributed by atoms with Gasteiger partial charge in [0.1, 0.15) is 0 Å². The summed E-state index contributed by atoms with van der Waals surface area (Å²) in [6, 6.07) is 12.4. The minimum atomic E-state index is -4.35. The second kappa shape index (κ2) is 7.52. The van der Waals surface area contributed by atoms with Gasteiger partial charge >= 0.3 is 6.18 Å². The topological polar surface area (TPSA) is 20.3 Å². The number of halogens is 3. The van der Waals surface area contributed by atoms with Crippen LogP contribution in [0.15, 0.2) is 48.5 Å². The minimum Gasteiger partial charge on any atom is -0.337 e. The van der Waals surface area contributed by atoms with E-state index in [0.29, 0.717) is 11.1 Å². The van der Waals surface area contributed by atoms with Crippen molar-refractivity contribution in [2.75, 3.05) is 7.05 Å². The fourth-order valence-corrected chi connectivity index (χ4v) is 2.79. The van der Waals surface area contributed by atoms with E-state index in [-0.39, 0.29) is 17.9 Å². The largest absolute Gasteiger partial charge is 0.416 e. The summed E-state index contributed by atoms with van der Waals surface area (Å²) in [5.41, 5.74) is 1.76. The van der Waals surface area contributed by atoms with Crippen molar-refractivity contribution in [3.05, 3.63) is 70.8 Å². The Bertz CT molecular complexity index is 758. The number of hydrogen-bond donors (Lipinski definition) is 0. The molecule has 2 aromatic carbocycles. The van der Waals surface area contributed by atoms with Crippen molar-refractivity contribution >= 4 is 5.91 Å². The van der Waals surface area contributed by atoms with Crippen molar-refractivity contribution in [3.63, 3.8) is 0 Å². The number of hydrogen-bond acceptors (Lipinski definition) is 1. The van der Waals surface area contributed by atoms with Crippen LogP contribution in [0.4, 0.5) is 13.2 Å². The molecule has 0 radical (unpaired) electrons. The highest BCUT2D eigenvalue weighted by Crippen LogP contribution is 2.29. The summed E-state index contributed by atoms with van der Waals surface area (Å²) in [5.74, 6) is -0.152. The van der Waals surface area contributed by atoms with Crippen LogP contribution < -0.4 is 0 Å². The molecule has 140 valence electrons. The molecule has 0 saturated carbocycles. The van der Waals surface area contributed by atoms with Gasteiger partial charge in [-0.2, -0.15) is 13.2 Å². The molecule has 2 rings (SSSR count). The molecular weight excluding hydrogens is 339 g/mol. The van der Waals surface area contributed by atoms with Crippen LogP contribution in [0, 0.1) is 5.41 Å². The smallest absolute Gasteiger partial charge is 0.337 e. The normalized spacial score (nSPS) is 12.1. The van der Waals surface area contributed by atoms with E-state index in [4.69, 9.17) is 0 Å². The summed E-state index contributed by atoms with van der Waals surface area (Å²) in [4.78, 5) is 14.2. The lowest BCUT2D eigenvalue weighted by Gasteiger charge is -2.20. The molecule has 0 aliphatic carbocycles. The molecule has 0 spiro atoms. The minimum absolute atomic E-state index is 0.119. The quantitative estimate of drug-likeness (QED) is 0.696. The van der Waals surface area contributed by atoms with Gasteiger partial charge in [0.25, 0.3) is 5.91 Å². The second-order valence-electron chi connectivity index (χ2n) is 7.79. The van der Waals surface area contributed by atoms with E-state index in [9.17, 15) is 18.0 Å². The zero-order chi connectivity index (χ0) is 19.5. The lowest BCUT2D eigenvalue weighted by molar-refractivity contribution is -0.137. The Kier molecular flexibility index (Phi) is 5.79. The van der Waals surface area contributed by atoms with Crippen LogP contribution in [0.1, 0.15) is 47.8 Å². The van der Waals surface area contributed by atoms with Crippen LogP contribution in [0.25, 0.3) is 0 Å². The van der Waals surface area contributed by atoms with Gasteiger partial charge in [-0.15, -0.1) is 0 Å². The van der Waals surface area contributed by atoms with Crippen LogP contribution in [-0.2, 0) is 19.1 Å². The molecule has 2 nitrogen and oxygen atoms in total. The summed E-state index contributed by atoms with van der Waals surface area (Å²) in [7, 11) is 1.65. The molecule has 0 N–H and O–H groups in total. The Labute approximate surface area is 152 Å². The highest BCUT2D eigenvalue weighted by Gasteiger charge is 2.30. The maximum absolute atomic E-state index is 12.6. The third-order valence-corrected chi connectivity index (χ3v) is 3.96. The predicted molar refractivity (Wildman–Crippen MR) is 96.8 cm³/mol. The average molecular weight is 363 g/mol. The maximum atomic E-state index is 12.6. The third-order valence-electron chi connectivity index (χ3n) is 3.96. The summed E-state index contributed by atoms with van der Waals surface area (Å²) in [6.07, 6.45) is -3.50. The van der Waals surface area contributed by atoms with Gasteiger partial charge in [0, 0.05) is 19.2 Å². The van der Waals surface area contributed by atoms with E-state index in [1.807, 2.05) is 18.2 Å². The van der Waals surface area contributed by atoms with Crippen LogP contribution >= 0.6 is 0 Å². The zero-order valence-electron chi connectivity index (χ0n) is 15.5. The van der Waals surface area contributed by atoms with Crippen molar-refractivity contribution in [2.24, 2.45) is 5.41 Å². The number of carbonyl (C=O) groups excluding carboxylic acids is 1. The molecule has 26 heavy (non-hydrogen) atoms. The van der Waals surface area contributed by atoms with Crippen molar-refractivity contribution in [1.82, 2.24) is 4.90 Å². The standard InChI is InChI=1S/C21H24F3NO/c1-20(2,3)13-16-6-5-7-17(12-16)19(26)25(4)14-15-8-10-18(11-9-15)21(22,23)24/h5-12H,13-14H2,1-4H3. The molecule has 0 aliphatic rings. The lowest BCUT2D eigenvalue weighted by atomic mass is 9.87. The van der Waals surface area contributed by atoms with Crippen molar-refractivity contribution < 1.29 is 18.0 Å². The van der Waals surface area contributed by atoms with E-state index >= 15 is 0 Å². The first-order valence-electron chi connectivity index (χ1n) is 8.46. The van der Waals surface area contributed by atoms with Crippen molar-refractivity contribution in [2.45, 2.75) is 39.9 Å². The Morgan fingerprint density at radius 2 is 1.58 bits per heavy atom. The van der Waals surface area contributed by atoms with Gasteiger partial charge in [-0.3, -0.25) is 4.79 Å². The molecule has 0 heterocycles. The summed E-state index contributed by atoms with van der Waals surface area (Å²) in [6.45, 7) is 6.66. The van der Waals surface area contributed by atoms with Crippen LogP contribution in [0.5, 0.6) is 0 Å². The number of alkyl halides is 3. The van der Waals surface area contributed by atoms with E-state index < -0.39 is 11.7 Å². The van der Waals surface area contributed by atoms with Gasteiger partial charge in [0.2, 0.25) is 0 Å². The molecule has 0 bridgehead atoms. The second-order valence-corrected chi connectivity index (χ2v) is 7.79. The molecule has 5 heteroatoms. The molecule has 0 aromatic heterocycles. The average Bonchev–Trinajstić information content (AvgIpc) is 2.52. The lowest BCUT2D eigenvalue weighted by Crippen LogP contribution is -2.26. The number of rotatable bonds is 4. The van der Waals surface area contributed by atoms with Gasteiger partial charge in [-0.1, -0.05) is 45.0 Å². The van der Waals surface area contributed by atoms with Crippen LogP contribution in [0.3, 0.4) is 0 Å². The third kappa shape index (κ3) is 5.61. The molecule has 0 fully saturated rings. The van der Waals surface area contributed by atoms with Gasteiger partial charge in [0.15, 0.2) is 0 Å². The van der Waals surface area contributed by atoms with Crippen molar-refractivity contribution in [1.29, 1.82) is 0 Å². The van der Waals surface area contributed by atoms with Crippen LogP contribution in [-0.4, -0.2) is 17.9 Å². The molecular formula is C21H24F3NO. The maximum Gasteiger partial charge on any atom is 0.416 e. The van der Waals surface area contributed by atoms with E-state index in [1.165, 1.54) is 17.0 Å². The first-order valence-corrected chi connectivity index (χ1v) is 8.46. The fraction of sp³-hybridized carbons (Fsp3) is 0.381. The Morgan fingerprint density at radius 1 is 0.962 bits per heavy atom. The van der Waals surface area contributed by atoms with Gasteiger partial charge < -0.3 is 4.90 Å². The van der Waals surface area contributed by atoms with Gasteiger partial charge in [0.05, 0.1) is 5.56 Å². The molecule has 0 saturated heterocycles. The first-order chi connectivity index (χ1) is 12.0. The van der Waals surface area contributed by atoms with Crippen molar-refractivity contribution in [3.8, 4) is 0 Å². The number of amides is 1. The number of benzene rings is 2. The SMILES string of the molecule is CN(Cc1ccc(C(F)(F)F)cc1)C(=O)c1cccc(CC(C)(C)C)c1. The summed E-state index contributed by atoms with van der Waals surface area (Å²) in [5, 5.41) is 0. The highest BCUT2D eigenvalue weighted by atomic mass is 19.4. The molecule has 0 atom stereocenters. The van der Waals surface area contributed by atoms with Crippen LogP contribution in [0.2, 0.25) is 0 Å². The highest BCUT2D eigenvalue weighted by molar-refractivity contribution is 5.94. The zero-order valence-corrected chi connectivity index (χ0v) is 15.5. The van der Waals surface area contributed by atoms with E-state index in [2.05, 4.69) is 20.8 Å². The number of carbonyl (C=O) groups is 1. The van der Waals surface area contributed by atoms with Gasteiger partial charge in [-0.05, 0) is 47.2 Å². The molecule has 1 amide bonds. The summed E-state index contributed by atoms with van der Waals surface area (Å²) >= 11 is 0. The Balaban J connectivity index is 2.09. The molecule has 2 aromatic rings. The van der Waals surface area contributed by atoms with E-state index in [1.54, 1.807) is 13.1 Å². The molecule has 0 unspecified atom stereocenters. The fourth-order valence-electron chi connectivity index (χ4n) is 2.79. The Morgan fingerprint density at radius 3 is 2.12 bits per heavy atom. The van der Waals surface area contributed by atoms with Gasteiger partial charge in [-0.25, -0.2) is 0 Å². The monoisotopic (exact) mass is 363 g/mol. The van der Waals surface area contributed by atoms with E-state index in [0.717, 1.165) is 24.1 Å². The first kappa shape index (κ1) is 20.0.